The Bertz CT molecular complexity index is 448. The zero-order valence-electron chi connectivity index (χ0n) is 12.2. The number of aliphatic carboxylic acids is 1. The van der Waals surface area contributed by atoms with Gasteiger partial charge in [0.15, 0.2) is 6.04 Å². The quantitative estimate of drug-likeness (QED) is 0.840. The van der Waals surface area contributed by atoms with Crippen LogP contribution >= 0.6 is 0 Å². The number of rotatable bonds is 6. The number of hydrogen-bond donors (Lipinski definition) is 2. The third kappa shape index (κ3) is 4.57. The van der Waals surface area contributed by atoms with E-state index in [1.807, 2.05) is 0 Å². The maximum Gasteiger partial charge on any atom is 0.330 e. The van der Waals surface area contributed by atoms with Gasteiger partial charge in [0.25, 0.3) is 0 Å². The number of amides is 2. The lowest BCUT2D eigenvalue weighted by Crippen LogP contribution is -2.43. The fourth-order valence-electron chi connectivity index (χ4n) is 1.85. The number of benzene rings is 1. The summed E-state index contributed by atoms with van der Waals surface area (Å²) < 4.78 is 0. The van der Waals surface area contributed by atoms with Gasteiger partial charge in [-0.15, -0.1) is 0 Å². The molecule has 20 heavy (non-hydrogen) atoms. The highest BCUT2D eigenvalue weighted by atomic mass is 16.4. The van der Waals surface area contributed by atoms with E-state index >= 15 is 0 Å². The Morgan fingerprint density at radius 3 is 2.40 bits per heavy atom. The van der Waals surface area contributed by atoms with Crippen LogP contribution in [0.4, 0.5) is 4.79 Å². The largest absolute Gasteiger partial charge is 0.479 e. The second-order valence-electron chi connectivity index (χ2n) is 5.03. The van der Waals surface area contributed by atoms with Crippen molar-refractivity contribution >= 4 is 12.0 Å². The number of urea groups is 1. The molecule has 0 aliphatic rings. The van der Waals surface area contributed by atoms with E-state index in [1.165, 1.54) is 4.90 Å². The molecule has 1 rings (SSSR count). The molecule has 2 atom stereocenters. The van der Waals surface area contributed by atoms with Crippen LogP contribution in [0.25, 0.3) is 0 Å². The van der Waals surface area contributed by atoms with Crippen LogP contribution in [-0.4, -0.2) is 35.6 Å². The number of hydrogen-bond acceptors (Lipinski definition) is 2. The standard InChI is InChI=1S/C15H22N2O3/c1-4-11(2)10-17(3)15(20)16-13(14(18)19)12-8-6-5-7-9-12/h5-9,11,13H,4,10H2,1-3H3,(H,16,20)(H,18,19)/t11?,13-/m0/s1. The minimum Gasteiger partial charge on any atom is -0.479 e. The topological polar surface area (TPSA) is 69.6 Å². The van der Waals surface area contributed by atoms with Gasteiger partial charge in [0.1, 0.15) is 0 Å². The SMILES string of the molecule is CCC(C)CN(C)C(=O)N[C@H](C(=O)O)c1ccccc1. The monoisotopic (exact) mass is 278 g/mol. The number of carboxylic acids is 1. The minimum atomic E-state index is -1.07. The summed E-state index contributed by atoms with van der Waals surface area (Å²) in [4.78, 5) is 24.9. The maximum absolute atomic E-state index is 12.0. The van der Waals surface area contributed by atoms with Gasteiger partial charge in [-0.3, -0.25) is 0 Å². The molecule has 1 unspecified atom stereocenters. The number of carbonyl (C=O) groups excluding carboxylic acids is 1. The number of nitrogens with one attached hydrogen (secondary N) is 1. The van der Waals surface area contributed by atoms with Crippen molar-refractivity contribution in [3.05, 3.63) is 35.9 Å². The summed E-state index contributed by atoms with van der Waals surface area (Å²) in [5, 5.41) is 11.8. The highest BCUT2D eigenvalue weighted by Gasteiger charge is 2.23. The Labute approximate surface area is 119 Å². The Morgan fingerprint density at radius 2 is 1.90 bits per heavy atom. The van der Waals surface area contributed by atoms with Crippen molar-refractivity contribution in [2.24, 2.45) is 5.92 Å². The first-order chi connectivity index (χ1) is 9.45. The van der Waals surface area contributed by atoms with Crippen molar-refractivity contribution < 1.29 is 14.7 Å². The second kappa shape index (κ2) is 7.53. The summed E-state index contributed by atoms with van der Waals surface area (Å²) in [5.74, 6) is -0.688. The van der Waals surface area contributed by atoms with Crippen molar-refractivity contribution in [1.29, 1.82) is 0 Å². The fourth-order valence-corrected chi connectivity index (χ4v) is 1.85. The average molecular weight is 278 g/mol. The van der Waals surface area contributed by atoms with Gasteiger partial charge in [0, 0.05) is 13.6 Å². The van der Waals surface area contributed by atoms with E-state index in [-0.39, 0.29) is 6.03 Å². The molecule has 1 aromatic rings. The zero-order chi connectivity index (χ0) is 15.1. The molecule has 0 spiro atoms. The van der Waals surface area contributed by atoms with Gasteiger partial charge in [-0.25, -0.2) is 9.59 Å². The molecule has 0 heterocycles. The molecule has 0 aliphatic heterocycles. The Balaban J connectivity index is 2.72. The maximum atomic E-state index is 12.0. The molecule has 0 radical (unpaired) electrons. The Kier molecular flexibility index (Phi) is 6.03. The van der Waals surface area contributed by atoms with Gasteiger partial charge in [0.05, 0.1) is 0 Å². The first kappa shape index (κ1) is 16.0. The minimum absolute atomic E-state index is 0.374. The summed E-state index contributed by atoms with van der Waals surface area (Å²) in [6.07, 6.45) is 0.971. The molecule has 5 heteroatoms. The predicted molar refractivity (Wildman–Crippen MR) is 77.4 cm³/mol. The number of carbonyl (C=O) groups is 2. The third-order valence-corrected chi connectivity index (χ3v) is 3.28. The van der Waals surface area contributed by atoms with E-state index in [1.54, 1.807) is 37.4 Å². The predicted octanol–water partition coefficient (Wildman–Crippen LogP) is 2.50. The molecular formula is C15H22N2O3. The van der Waals surface area contributed by atoms with Crippen LogP contribution in [0, 0.1) is 5.92 Å². The lowest BCUT2D eigenvalue weighted by atomic mass is 10.1. The first-order valence-electron chi connectivity index (χ1n) is 6.75. The van der Waals surface area contributed by atoms with E-state index in [4.69, 9.17) is 0 Å². The highest BCUT2D eigenvalue weighted by molar-refractivity contribution is 5.83. The fraction of sp³-hybridized carbons (Fsp3) is 0.467. The molecular weight excluding hydrogens is 256 g/mol. The Morgan fingerprint density at radius 1 is 1.30 bits per heavy atom. The molecule has 0 aliphatic carbocycles. The van der Waals surface area contributed by atoms with Crippen LogP contribution < -0.4 is 5.32 Å². The van der Waals surface area contributed by atoms with Crippen molar-refractivity contribution in [3.63, 3.8) is 0 Å². The molecule has 0 bridgehead atoms. The number of nitrogens with zero attached hydrogens (tertiary/aromatic N) is 1. The molecule has 0 aromatic heterocycles. The third-order valence-electron chi connectivity index (χ3n) is 3.28. The van der Waals surface area contributed by atoms with Crippen molar-refractivity contribution in [1.82, 2.24) is 10.2 Å². The summed E-state index contributed by atoms with van der Waals surface area (Å²) in [7, 11) is 1.67. The van der Waals surface area contributed by atoms with Crippen molar-refractivity contribution in [2.75, 3.05) is 13.6 Å². The average Bonchev–Trinajstić information content (AvgIpc) is 2.44. The summed E-state index contributed by atoms with van der Waals surface area (Å²) in [6.45, 7) is 4.71. The second-order valence-corrected chi connectivity index (χ2v) is 5.03. The summed E-state index contributed by atoms with van der Waals surface area (Å²) >= 11 is 0. The number of carboxylic acid groups (broad SMARTS) is 1. The lowest BCUT2D eigenvalue weighted by molar-refractivity contribution is -0.139. The van der Waals surface area contributed by atoms with Gasteiger partial charge < -0.3 is 15.3 Å². The van der Waals surface area contributed by atoms with Gasteiger partial charge >= 0.3 is 12.0 Å². The lowest BCUT2D eigenvalue weighted by Gasteiger charge is -2.23. The van der Waals surface area contributed by atoms with Crippen LogP contribution in [0.15, 0.2) is 30.3 Å². The van der Waals surface area contributed by atoms with Gasteiger partial charge in [-0.2, -0.15) is 0 Å². The summed E-state index contributed by atoms with van der Waals surface area (Å²) in [6, 6.07) is 7.28. The van der Waals surface area contributed by atoms with Crippen LogP contribution in [0.3, 0.4) is 0 Å². The van der Waals surface area contributed by atoms with E-state index in [0.717, 1.165) is 6.42 Å². The van der Waals surface area contributed by atoms with Crippen LogP contribution in [0.5, 0.6) is 0 Å². The van der Waals surface area contributed by atoms with Crippen molar-refractivity contribution in [2.45, 2.75) is 26.3 Å². The van der Waals surface area contributed by atoms with E-state index in [0.29, 0.717) is 18.0 Å². The van der Waals surface area contributed by atoms with Crippen LogP contribution in [0.2, 0.25) is 0 Å². The first-order valence-corrected chi connectivity index (χ1v) is 6.75. The summed E-state index contributed by atoms with van der Waals surface area (Å²) in [5.41, 5.74) is 0.560. The zero-order valence-corrected chi connectivity index (χ0v) is 12.2. The molecule has 0 saturated carbocycles. The van der Waals surface area contributed by atoms with E-state index in [9.17, 15) is 14.7 Å². The Hall–Kier alpha value is -2.04. The molecule has 1 aromatic carbocycles. The van der Waals surface area contributed by atoms with E-state index < -0.39 is 12.0 Å². The van der Waals surface area contributed by atoms with Crippen LogP contribution in [-0.2, 0) is 4.79 Å². The molecule has 2 amide bonds. The van der Waals surface area contributed by atoms with Gasteiger partial charge in [-0.1, -0.05) is 50.6 Å². The smallest absolute Gasteiger partial charge is 0.330 e. The van der Waals surface area contributed by atoms with E-state index in [2.05, 4.69) is 19.2 Å². The molecule has 0 saturated heterocycles. The highest BCUT2D eigenvalue weighted by Crippen LogP contribution is 2.13. The van der Waals surface area contributed by atoms with Gasteiger partial charge in [-0.05, 0) is 11.5 Å². The molecule has 5 nitrogen and oxygen atoms in total. The van der Waals surface area contributed by atoms with Crippen molar-refractivity contribution in [3.8, 4) is 0 Å². The van der Waals surface area contributed by atoms with Crippen LogP contribution in [0.1, 0.15) is 31.9 Å². The molecule has 2 N–H and O–H groups in total. The normalized spacial score (nSPS) is 13.3. The molecule has 0 fully saturated rings. The van der Waals surface area contributed by atoms with Gasteiger partial charge in [0.2, 0.25) is 0 Å². The molecule has 110 valence electrons.